The summed E-state index contributed by atoms with van der Waals surface area (Å²) in [4.78, 5) is 26.6. The van der Waals surface area contributed by atoms with Crippen molar-refractivity contribution in [2.24, 2.45) is 0 Å². The minimum Gasteiger partial charge on any atom is -0.465 e. The highest BCUT2D eigenvalue weighted by molar-refractivity contribution is 5.69. The van der Waals surface area contributed by atoms with Gasteiger partial charge in [0, 0.05) is 12.4 Å². The molecule has 0 radical (unpaired) electrons. The summed E-state index contributed by atoms with van der Waals surface area (Å²) in [5, 5.41) is 3.90. The van der Waals surface area contributed by atoms with E-state index in [1.54, 1.807) is 25.3 Å². The fraction of sp³-hybridized carbons (Fsp3) is 0.273. The number of carbonyl (C=O) groups excluding carboxylic acids is 1. The lowest BCUT2D eigenvalue weighted by molar-refractivity contribution is -0.144. The average molecular weight is 249 g/mol. The van der Waals surface area contributed by atoms with Crippen LogP contribution >= 0.6 is 0 Å². The maximum Gasteiger partial charge on any atom is 0.437 e. The molecule has 0 aliphatic carbocycles. The van der Waals surface area contributed by atoms with E-state index < -0.39 is 11.7 Å². The van der Waals surface area contributed by atoms with Crippen LogP contribution in [0.4, 0.5) is 0 Å². The summed E-state index contributed by atoms with van der Waals surface area (Å²) >= 11 is 0. The summed E-state index contributed by atoms with van der Waals surface area (Å²) in [6.45, 7) is 1.67. The molecule has 0 aliphatic rings. The second-order valence-electron chi connectivity index (χ2n) is 3.38. The van der Waals surface area contributed by atoms with Gasteiger partial charge in [-0.05, 0) is 19.1 Å². The highest BCUT2D eigenvalue weighted by Gasteiger charge is 2.13. The standard InChI is InChI=1S/C11H11N3O4/c1-2-17-9(15)7-14-11(16)18-10(13-14)8-4-3-5-12-6-8/h3-6H,2,7H2,1H3. The summed E-state index contributed by atoms with van der Waals surface area (Å²) in [7, 11) is 0. The van der Waals surface area contributed by atoms with Gasteiger partial charge in [-0.2, -0.15) is 4.68 Å². The van der Waals surface area contributed by atoms with Crippen molar-refractivity contribution in [2.45, 2.75) is 13.5 Å². The van der Waals surface area contributed by atoms with Crippen molar-refractivity contribution in [1.82, 2.24) is 14.8 Å². The van der Waals surface area contributed by atoms with Crippen molar-refractivity contribution in [1.29, 1.82) is 0 Å². The second-order valence-corrected chi connectivity index (χ2v) is 3.38. The third kappa shape index (κ3) is 2.62. The number of hydrogen-bond acceptors (Lipinski definition) is 6. The zero-order valence-corrected chi connectivity index (χ0v) is 9.70. The largest absolute Gasteiger partial charge is 0.465 e. The van der Waals surface area contributed by atoms with Gasteiger partial charge in [0.2, 0.25) is 0 Å². The Labute approximate surface area is 102 Å². The maximum absolute atomic E-state index is 11.5. The molecule has 18 heavy (non-hydrogen) atoms. The lowest BCUT2D eigenvalue weighted by Gasteiger charge is -1.98. The van der Waals surface area contributed by atoms with Crippen LogP contribution in [0.15, 0.2) is 33.7 Å². The minimum absolute atomic E-state index is 0.123. The van der Waals surface area contributed by atoms with Crippen LogP contribution in [0.5, 0.6) is 0 Å². The summed E-state index contributed by atoms with van der Waals surface area (Å²) in [5.41, 5.74) is 0.567. The highest BCUT2D eigenvalue weighted by atomic mass is 16.5. The van der Waals surface area contributed by atoms with Gasteiger partial charge >= 0.3 is 11.7 Å². The topological polar surface area (TPSA) is 87.2 Å². The van der Waals surface area contributed by atoms with Crippen LogP contribution in [0.3, 0.4) is 0 Å². The number of aromatic nitrogens is 3. The number of pyridine rings is 1. The molecule has 7 heteroatoms. The summed E-state index contributed by atoms with van der Waals surface area (Å²) in [6, 6.07) is 3.40. The number of rotatable bonds is 4. The summed E-state index contributed by atoms with van der Waals surface area (Å²) in [5.74, 6) is -1.12. The van der Waals surface area contributed by atoms with Gasteiger partial charge < -0.3 is 9.15 Å². The summed E-state index contributed by atoms with van der Waals surface area (Å²) in [6.07, 6.45) is 3.11. The molecule has 0 aromatic carbocycles. The molecular weight excluding hydrogens is 238 g/mol. The van der Waals surface area contributed by atoms with Crippen molar-refractivity contribution in [3.05, 3.63) is 35.1 Å². The van der Waals surface area contributed by atoms with E-state index in [1.807, 2.05) is 0 Å². The Morgan fingerprint density at radius 2 is 2.39 bits per heavy atom. The van der Waals surface area contributed by atoms with E-state index >= 15 is 0 Å². The first-order valence-electron chi connectivity index (χ1n) is 5.34. The number of esters is 1. The number of nitrogens with zero attached hydrogens (tertiary/aromatic N) is 3. The molecule has 0 saturated heterocycles. The van der Waals surface area contributed by atoms with Crippen molar-refractivity contribution in [3.63, 3.8) is 0 Å². The van der Waals surface area contributed by atoms with Crippen molar-refractivity contribution in [3.8, 4) is 11.5 Å². The minimum atomic E-state index is -0.707. The van der Waals surface area contributed by atoms with E-state index in [2.05, 4.69) is 10.1 Å². The molecule has 2 aromatic rings. The molecule has 2 rings (SSSR count). The van der Waals surface area contributed by atoms with E-state index in [0.29, 0.717) is 5.56 Å². The number of hydrogen-bond donors (Lipinski definition) is 0. The van der Waals surface area contributed by atoms with E-state index in [1.165, 1.54) is 6.20 Å². The predicted octanol–water partition coefficient (Wildman–Crippen LogP) is 0.461. The molecule has 0 unspecified atom stereocenters. The Bertz CT molecular complexity index is 588. The Kier molecular flexibility index (Phi) is 3.52. The lowest BCUT2D eigenvalue weighted by atomic mass is 10.3. The Hall–Kier alpha value is -2.44. The fourth-order valence-electron chi connectivity index (χ4n) is 1.34. The van der Waals surface area contributed by atoms with Gasteiger partial charge in [-0.15, -0.1) is 5.10 Å². The maximum atomic E-state index is 11.5. The van der Waals surface area contributed by atoms with Crippen LogP contribution in [0.1, 0.15) is 6.92 Å². The quantitative estimate of drug-likeness (QED) is 0.731. The molecule has 0 fully saturated rings. The van der Waals surface area contributed by atoms with Crippen LogP contribution in [0.2, 0.25) is 0 Å². The molecule has 0 N–H and O–H groups in total. The van der Waals surface area contributed by atoms with Gasteiger partial charge in [0.15, 0.2) is 0 Å². The van der Waals surface area contributed by atoms with Gasteiger partial charge in [0.25, 0.3) is 5.89 Å². The molecule has 0 amide bonds. The molecule has 0 saturated carbocycles. The molecule has 0 bridgehead atoms. The first-order valence-corrected chi connectivity index (χ1v) is 5.34. The Balaban J connectivity index is 2.23. The first kappa shape index (κ1) is 12.0. The molecule has 0 aliphatic heterocycles. The molecule has 2 heterocycles. The monoisotopic (exact) mass is 249 g/mol. The van der Waals surface area contributed by atoms with Crippen molar-refractivity contribution >= 4 is 5.97 Å². The molecule has 0 spiro atoms. The van der Waals surface area contributed by atoms with Crippen LogP contribution in [-0.2, 0) is 16.1 Å². The summed E-state index contributed by atoms with van der Waals surface area (Å²) < 4.78 is 10.6. The third-order valence-corrected chi connectivity index (χ3v) is 2.10. The van der Waals surface area contributed by atoms with Gasteiger partial charge in [-0.1, -0.05) is 0 Å². The molecular formula is C11H11N3O4. The van der Waals surface area contributed by atoms with Crippen molar-refractivity contribution < 1.29 is 13.9 Å². The van der Waals surface area contributed by atoms with Gasteiger partial charge in [0.05, 0.1) is 12.2 Å². The fourth-order valence-corrected chi connectivity index (χ4v) is 1.34. The van der Waals surface area contributed by atoms with Gasteiger partial charge in [-0.3, -0.25) is 9.78 Å². The van der Waals surface area contributed by atoms with Crippen LogP contribution in [0, 0.1) is 0 Å². The normalized spacial score (nSPS) is 10.3. The van der Waals surface area contributed by atoms with Crippen LogP contribution < -0.4 is 5.76 Å². The third-order valence-electron chi connectivity index (χ3n) is 2.10. The zero-order valence-electron chi connectivity index (χ0n) is 9.70. The second kappa shape index (κ2) is 5.26. The Morgan fingerprint density at radius 3 is 3.06 bits per heavy atom. The zero-order chi connectivity index (χ0) is 13.0. The predicted molar refractivity (Wildman–Crippen MR) is 60.6 cm³/mol. The van der Waals surface area contributed by atoms with Gasteiger partial charge in [0.1, 0.15) is 6.54 Å². The smallest absolute Gasteiger partial charge is 0.437 e. The van der Waals surface area contributed by atoms with E-state index in [-0.39, 0.29) is 19.0 Å². The highest BCUT2D eigenvalue weighted by Crippen LogP contribution is 2.12. The SMILES string of the molecule is CCOC(=O)Cn1nc(-c2cccnc2)oc1=O. The van der Waals surface area contributed by atoms with E-state index in [9.17, 15) is 9.59 Å². The molecule has 0 atom stereocenters. The van der Waals surface area contributed by atoms with Crippen LogP contribution in [-0.4, -0.2) is 27.3 Å². The number of ether oxygens (including phenoxy) is 1. The van der Waals surface area contributed by atoms with Crippen molar-refractivity contribution in [2.75, 3.05) is 6.61 Å². The Morgan fingerprint density at radius 1 is 1.56 bits per heavy atom. The van der Waals surface area contributed by atoms with Crippen LogP contribution in [0.25, 0.3) is 11.5 Å². The first-order chi connectivity index (χ1) is 8.70. The molecule has 7 nitrogen and oxygen atoms in total. The van der Waals surface area contributed by atoms with E-state index in [4.69, 9.17) is 9.15 Å². The number of carbonyl (C=O) groups is 1. The van der Waals surface area contributed by atoms with E-state index in [0.717, 1.165) is 4.68 Å². The van der Waals surface area contributed by atoms with Gasteiger partial charge in [-0.25, -0.2) is 4.79 Å². The lowest BCUT2D eigenvalue weighted by Crippen LogP contribution is -2.22. The molecule has 2 aromatic heterocycles. The molecule has 94 valence electrons. The average Bonchev–Trinajstić information content (AvgIpc) is 2.72.